The van der Waals surface area contributed by atoms with Gasteiger partial charge in [0.1, 0.15) is 5.82 Å². The number of piperidine rings is 1. The fourth-order valence-corrected chi connectivity index (χ4v) is 4.06. The molecule has 1 atom stereocenters. The maximum Gasteiger partial charge on any atom is 0.123 e. The molecule has 0 spiro atoms. The summed E-state index contributed by atoms with van der Waals surface area (Å²) in [5.74, 6) is -0.188. The van der Waals surface area contributed by atoms with Crippen LogP contribution in [0.25, 0.3) is 11.1 Å². The van der Waals surface area contributed by atoms with Gasteiger partial charge in [-0.15, -0.1) is 0 Å². The molecule has 1 unspecified atom stereocenters. The highest BCUT2D eigenvalue weighted by Crippen LogP contribution is 2.27. The molecule has 0 bridgehead atoms. The van der Waals surface area contributed by atoms with Gasteiger partial charge >= 0.3 is 0 Å². The molecule has 2 aromatic carbocycles. The normalized spacial score (nSPS) is 21.7. The van der Waals surface area contributed by atoms with Crippen molar-refractivity contribution in [2.24, 2.45) is 0 Å². The van der Waals surface area contributed by atoms with Crippen LogP contribution in [0.3, 0.4) is 0 Å². The quantitative estimate of drug-likeness (QED) is 0.889. The zero-order valence-electron chi connectivity index (χ0n) is 15.2. The van der Waals surface area contributed by atoms with Crippen LogP contribution >= 0.6 is 0 Å². The van der Waals surface area contributed by atoms with Gasteiger partial charge in [0.15, 0.2) is 0 Å². The molecule has 0 radical (unpaired) electrons. The van der Waals surface area contributed by atoms with Crippen molar-refractivity contribution in [3.63, 3.8) is 0 Å². The first-order valence-corrected chi connectivity index (χ1v) is 9.73. The lowest BCUT2D eigenvalue weighted by Crippen LogP contribution is -2.48. The van der Waals surface area contributed by atoms with Gasteiger partial charge in [-0.05, 0) is 61.1 Å². The first kappa shape index (κ1) is 17.5. The minimum Gasteiger partial charge on any atom is -0.380 e. The smallest absolute Gasteiger partial charge is 0.123 e. The fraction of sp³-hybridized carbons (Fsp3) is 0.455. The first-order valence-electron chi connectivity index (χ1n) is 9.73. The largest absolute Gasteiger partial charge is 0.380 e. The van der Waals surface area contributed by atoms with E-state index in [1.54, 1.807) is 12.1 Å². The van der Waals surface area contributed by atoms with Gasteiger partial charge in [0.05, 0.1) is 6.61 Å². The Balaban J connectivity index is 1.37. The van der Waals surface area contributed by atoms with Crippen LogP contribution in [0.2, 0.25) is 0 Å². The zero-order chi connectivity index (χ0) is 17.8. The van der Waals surface area contributed by atoms with E-state index in [1.165, 1.54) is 24.6 Å². The van der Waals surface area contributed by atoms with Crippen molar-refractivity contribution in [2.75, 3.05) is 31.2 Å². The summed E-state index contributed by atoms with van der Waals surface area (Å²) in [5, 5.41) is 3.78. The Labute approximate surface area is 155 Å². The van der Waals surface area contributed by atoms with E-state index in [0.29, 0.717) is 12.1 Å². The zero-order valence-corrected chi connectivity index (χ0v) is 15.2. The average molecular weight is 354 g/mol. The third kappa shape index (κ3) is 4.25. The molecule has 2 aromatic rings. The highest BCUT2D eigenvalue weighted by Gasteiger charge is 2.23. The van der Waals surface area contributed by atoms with E-state index in [0.717, 1.165) is 50.3 Å². The van der Waals surface area contributed by atoms with Crippen LogP contribution in [-0.4, -0.2) is 38.4 Å². The lowest BCUT2D eigenvalue weighted by molar-refractivity contribution is 0.0650. The minimum atomic E-state index is -0.188. The molecule has 2 aliphatic heterocycles. The Morgan fingerprint density at radius 1 is 0.923 bits per heavy atom. The Bertz CT molecular complexity index is 722. The molecule has 2 fully saturated rings. The Morgan fingerprint density at radius 3 is 2.42 bits per heavy atom. The monoisotopic (exact) mass is 354 g/mol. The van der Waals surface area contributed by atoms with Crippen LogP contribution in [0.4, 0.5) is 10.1 Å². The number of hydrogen-bond acceptors (Lipinski definition) is 3. The molecular formula is C22H27FN2O. The van der Waals surface area contributed by atoms with Crippen molar-refractivity contribution in [2.45, 2.75) is 37.8 Å². The van der Waals surface area contributed by atoms with Gasteiger partial charge in [0.2, 0.25) is 0 Å². The SMILES string of the molecule is Fc1cccc(-c2cccc(N3CCC(NC4CCCOC4)CC3)c2)c1. The molecule has 1 N–H and O–H groups in total. The molecule has 0 saturated carbocycles. The molecule has 3 nitrogen and oxygen atoms in total. The average Bonchev–Trinajstić information content (AvgIpc) is 2.69. The maximum absolute atomic E-state index is 13.5. The summed E-state index contributed by atoms with van der Waals surface area (Å²) < 4.78 is 19.1. The molecule has 26 heavy (non-hydrogen) atoms. The van der Waals surface area contributed by atoms with Gasteiger partial charge < -0.3 is 15.0 Å². The van der Waals surface area contributed by atoms with E-state index in [1.807, 2.05) is 6.07 Å². The highest BCUT2D eigenvalue weighted by atomic mass is 19.1. The van der Waals surface area contributed by atoms with Gasteiger partial charge in [-0.1, -0.05) is 24.3 Å². The molecule has 138 valence electrons. The molecule has 0 amide bonds. The molecule has 4 rings (SSSR count). The Morgan fingerprint density at radius 2 is 1.69 bits per heavy atom. The molecule has 2 saturated heterocycles. The van der Waals surface area contributed by atoms with Crippen LogP contribution in [0.5, 0.6) is 0 Å². The molecule has 0 aromatic heterocycles. The van der Waals surface area contributed by atoms with Gasteiger partial charge in [-0.25, -0.2) is 4.39 Å². The molecule has 2 heterocycles. The lowest BCUT2D eigenvalue weighted by Gasteiger charge is -2.36. The summed E-state index contributed by atoms with van der Waals surface area (Å²) in [6, 6.07) is 16.4. The second-order valence-electron chi connectivity index (χ2n) is 7.40. The van der Waals surface area contributed by atoms with E-state index in [4.69, 9.17) is 4.74 Å². The van der Waals surface area contributed by atoms with E-state index < -0.39 is 0 Å². The van der Waals surface area contributed by atoms with E-state index in [9.17, 15) is 4.39 Å². The van der Waals surface area contributed by atoms with Crippen LogP contribution in [0.15, 0.2) is 48.5 Å². The van der Waals surface area contributed by atoms with Crippen molar-refractivity contribution in [3.05, 3.63) is 54.3 Å². The first-order chi connectivity index (χ1) is 12.8. The van der Waals surface area contributed by atoms with Crippen molar-refractivity contribution in [1.29, 1.82) is 0 Å². The highest BCUT2D eigenvalue weighted by molar-refractivity contribution is 5.68. The molecule has 2 aliphatic rings. The van der Waals surface area contributed by atoms with E-state index in [-0.39, 0.29) is 5.82 Å². The number of nitrogens with one attached hydrogen (secondary N) is 1. The number of anilines is 1. The summed E-state index contributed by atoms with van der Waals surface area (Å²) in [7, 11) is 0. The summed E-state index contributed by atoms with van der Waals surface area (Å²) in [6.07, 6.45) is 4.71. The minimum absolute atomic E-state index is 0.188. The third-order valence-corrected chi connectivity index (χ3v) is 5.50. The fourth-order valence-electron chi connectivity index (χ4n) is 4.06. The topological polar surface area (TPSA) is 24.5 Å². The predicted octanol–water partition coefficient (Wildman–Crippen LogP) is 4.23. The van der Waals surface area contributed by atoms with E-state index >= 15 is 0 Å². The number of ether oxygens (including phenoxy) is 1. The summed E-state index contributed by atoms with van der Waals surface area (Å²) >= 11 is 0. The predicted molar refractivity (Wildman–Crippen MR) is 104 cm³/mol. The Hall–Kier alpha value is -1.91. The molecular weight excluding hydrogens is 327 g/mol. The van der Waals surface area contributed by atoms with Crippen LogP contribution in [-0.2, 0) is 4.74 Å². The number of nitrogens with zero attached hydrogens (tertiary/aromatic N) is 1. The number of hydrogen-bond donors (Lipinski definition) is 1. The maximum atomic E-state index is 13.5. The van der Waals surface area contributed by atoms with Crippen molar-refractivity contribution < 1.29 is 9.13 Å². The van der Waals surface area contributed by atoms with Crippen molar-refractivity contribution >= 4 is 5.69 Å². The van der Waals surface area contributed by atoms with Crippen molar-refractivity contribution in [3.8, 4) is 11.1 Å². The molecule has 0 aliphatic carbocycles. The van der Waals surface area contributed by atoms with Crippen LogP contribution in [0, 0.1) is 5.82 Å². The van der Waals surface area contributed by atoms with Crippen LogP contribution < -0.4 is 10.2 Å². The summed E-state index contributed by atoms with van der Waals surface area (Å²) in [5.41, 5.74) is 3.23. The second-order valence-corrected chi connectivity index (χ2v) is 7.40. The number of benzene rings is 2. The standard InChI is InChI=1S/C22H27FN2O/c23-19-6-1-4-17(14-19)18-5-2-8-22(15-18)25-11-9-20(10-12-25)24-21-7-3-13-26-16-21/h1-2,4-6,8,14-15,20-21,24H,3,7,9-13,16H2. The van der Waals surface area contributed by atoms with E-state index in [2.05, 4.69) is 34.5 Å². The second kappa shape index (κ2) is 8.19. The van der Waals surface area contributed by atoms with Gasteiger partial charge in [0.25, 0.3) is 0 Å². The number of halogens is 1. The lowest BCUT2D eigenvalue weighted by atomic mass is 10.00. The van der Waals surface area contributed by atoms with Gasteiger partial charge in [0, 0.05) is 37.5 Å². The summed E-state index contributed by atoms with van der Waals surface area (Å²) in [4.78, 5) is 2.44. The molecule has 4 heteroatoms. The third-order valence-electron chi connectivity index (χ3n) is 5.50. The Kier molecular flexibility index (Phi) is 5.51. The number of rotatable bonds is 4. The van der Waals surface area contributed by atoms with Gasteiger partial charge in [-0.3, -0.25) is 0 Å². The summed E-state index contributed by atoms with van der Waals surface area (Å²) in [6.45, 7) is 3.88. The van der Waals surface area contributed by atoms with Gasteiger partial charge in [-0.2, -0.15) is 0 Å². The van der Waals surface area contributed by atoms with Crippen LogP contribution in [0.1, 0.15) is 25.7 Å². The van der Waals surface area contributed by atoms with Crippen molar-refractivity contribution in [1.82, 2.24) is 5.32 Å².